The van der Waals surface area contributed by atoms with Crippen LogP contribution in [-0.4, -0.2) is 16.8 Å². The first-order valence-corrected chi connectivity index (χ1v) is 6.79. The molecule has 0 saturated heterocycles. The lowest BCUT2D eigenvalue weighted by Crippen LogP contribution is -1.95. The third kappa shape index (κ3) is 5.59. The van der Waals surface area contributed by atoms with Gasteiger partial charge >= 0.3 is 5.97 Å². The summed E-state index contributed by atoms with van der Waals surface area (Å²) >= 11 is 1.72. The zero-order chi connectivity index (χ0) is 12.5. The van der Waals surface area contributed by atoms with Gasteiger partial charge in [0.25, 0.3) is 0 Å². The van der Waals surface area contributed by atoms with Crippen molar-refractivity contribution < 1.29 is 9.90 Å². The highest BCUT2D eigenvalue weighted by molar-refractivity contribution is 7.99. The van der Waals surface area contributed by atoms with Gasteiger partial charge in [-0.05, 0) is 43.2 Å². The lowest BCUT2D eigenvalue weighted by atomic mass is 10.2. The van der Waals surface area contributed by atoms with Crippen LogP contribution in [0.25, 0.3) is 0 Å². The van der Waals surface area contributed by atoms with Crippen molar-refractivity contribution in [1.29, 1.82) is 0 Å². The Morgan fingerprint density at radius 3 is 2.88 bits per heavy atom. The van der Waals surface area contributed by atoms with Crippen molar-refractivity contribution in [2.45, 2.75) is 30.6 Å². The van der Waals surface area contributed by atoms with Gasteiger partial charge in [0.1, 0.15) is 0 Å². The van der Waals surface area contributed by atoms with E-state index in [9.17, 15) is 4.79 Å². The van der Waals surface area contributed by atoms with Crippen LogP contribution in [0, 0.1) is 0 Å². The molecule has 0 unspecified atom stereocenters. The van der Waals surface area contributed by atoms with Crippen LogP contribution in [0.3, 0.4) is 0 Å². The molecule has 2 nitrogen and oxygen atoms in total. The zero-order valence-electron chi connectivity index (χ0n) is 9.89. The zero-order valence-corrected chi connectivity index (χ0v) is 10.7. The normalized spacial score (nSPS) is 10.1. The summed E-state index contributed by atoms with van der Waals surface area (Å²) in [6, 6.07) is 7.11. The van der Waals surface area contributed by atoms with E-state index in [4.69, 9.17) is 5.11 Å². The molecule has 0 saturated carbocycles. The van der Waals surface area contributed by atoms with Crippen molar-refractivity contribution in [3.05, 3.63) is 42.5 Å². The van der Waals surface area contributed by atoms with Crippen molar-refractivity contribution in [2.24, 2.45) is 0 Å². The first-order valence-electron chi connectivity index (χ1n) is 5.81. The minimum absolute atomic E-state index is 0.363. The number of hydrogen-bond acceptors (Lipinski definition) is 2. The molecule has 0 aliphatic carbocycles. The Labute approximate surface area is 107 Å². The van der Waals surface area contributed by atoms with E-state index in [2.05, 4.69) is 6.58 Å². The SMILES string of the molecule is C=CCCCCCSc1cccc(C(=O)O)c1. The van der Waals surface area contributed by atoms with Crippen LogP contribution in [0.2, 0.25) is 0 Å². The van der Waals surface area contributed by atoms with Crippen LogP contribution >= 0.6 is 11.8 Å². The molecule has 0 bridgehead atoms. The maximum atomic E-state index is 10.8. The van der Waals surface area contributed by atoms with Crippen molar-refractivity contribution in [2.75, 3.05) is 5.75 Å². The van der Waals surface area contributed by atoms with E-state index in [1.165, 1.54) is 12.8 Å². The van der Waals surface area contributed by atoms with Gasteiger partial charge in [0.2, 0.25) is 0 Å². The number of carboxylic acids is 1. The lowest BCUT2D eigenvalue weighted by Gasteiger charge is -2.02. The molecule has 0 aromatic heterocycles. The summed E-state index contributed by atoms with van der Waals surface area (Å²) in [4.78, 5) is 11.8. The summed E-state index contributed by atoms with van der Waals surface area (Å²) in [7, 11) is 0. The van der Waals surface area contributed by atoms with Gasteiger partial charge in [-0.15, -0.1) is 18.3 Å². The number of rotatable bonds is 8. The van der Waals surface area contributed by atoms with Gasteiger partial charge < -0.3 is 5.11 Å². The Bertz CT molecular complexity index is 374. The standard InChI is InChI=1S/C14H18O2S/c1-2-3-4-5-6-10-17-13-9-7-8-12(11-13)14(15)16/h2,7-9,11H,1,3-6,10H2,(H,15,16). The highest BCUT2D eigenvalue weighted by Gasteiger charge is 2.03. The predicted octanol–water partition coefficient (Wildman–Crippen LogP) is 4.22. The number of hydrogen-bond donors (Lipinski definition) is 1. The second-order valence-electron chi connectivity index (χ2n) is 3.82. The highest BCUT2D eigenvalue weighted by atomic mass is 32.2. The van der Waals surface area contributed by atoms with Crippen LogP contribution in [0.1, 0.15) is 36.0 Å². The summed E-state index contributed by atoms with van der Waals surface area (Å²) in [6.07, 6.45) is 6.59. The van der Waals surface area contributed by atoms with E-state index in [0.29, 0.717) is 5.56 Å². The molecule has 1 rings (SSSR count). The van der Waals surface area contributed by atoms with Gasteiger partial charge in [-0.25, -0.2) is 4.79 Å². The molecule has 0 fully saturated rings. The van der Waals surface area contributed by atoms with E-state index in [1.807, 2.05) is 12.1 Å². The first kappa shape index (κ1) is 13.8. The molecule has 92 valence electrons. The Kier molecular flexibility index (Phi) is 6.48. The number of allylic oxidation sites excluding steroid dienone is 1. The monoisotopic (exact) mass is 250 g/mol. The van der Waals surface area contributed by atoms with Crippen LogP contribution in [0.4, 0.5) is 0 Å². The summed E-state index contributed by atoms with van der Waals surface area (Å²) in [5, 5.41) is 8.86. The average Bonchev–Trinajstić information content (AvgIpc) is 2.34. The van der Waals surface area contributed by atoms with Crippen LogP contribution < -0.4 is 0 Å². The van der Waals surface area contributed by atoms with Crippen molar-refractivity contribution in [3.8, 4) is 0 Å². The highest BCUT2D eigenvalue weighted by Crippen LogP contribution is 2.21. The smallest absolute Gasteiger partial charge is 0.335 e. The topological polar surface area (TPSA) is 37.3 Å². The molecule has 0 heterocycles. The van der Waals surface area contributed by atoms with Crippen LogP contribution in [0.5, 0.6) is 0 Å². The number of carbonyl (C=O) groups is 1. The van der Waals surface area contributed by atoms with E-state index in [0.717, 1.165) is 23.5 Å². The fourth-order valence-electron chi connectivity index (χ4n) is 1.48. The average molecular weight is 250 g/mol. The number of thioether (sulfide) groups is 1. The Hall–Kier alpha value is -1.22. The Balaban J connectivity index is 2.29. The van der Waals surface area contributed by atoms with Gasteiger partial charge in [0.15, 0.2) is 0 Å². The fraction of sp³-hybridized carbons (Fsp3) is 0.357. The van der Waals surface area contributed by atoms with E-state index in [-0.39, 0.29) is 0 Å². The maximum absolute atomic E-state index is 10.8. The minimum Gasteiger partial charge on any atom is -0.478 e. The Morgan fingerprint density at radius 2 is 2.18 bits per heavy atom. The van der Waals surface area contributed by atoms with E-state index in [1.54, 1.807) is 30.0 Å². The van der Waals surface area contributed by atoms with Gasteiger partial charge in [0, 0.05) is 4.90 Å². The van der Waals surface area contributed by atoms with Crippen molar-refractivity contribution >= 4 is 17.7 Å². The van der Waals surface area contributed by atoms with Crippen molar-refractivity contribution in [3.63, 3.8) is 0 Å². The summed E-state index contributed by atoms with van der Waals surface area (Å²) in [6.45, 7) is 3.69. The molecular formula is C14H18O2S. The number of benzene rings is 1. The van der Waals surface area contributed by atoms with Gasteiger partial charge in [-0.1, -0.05) is 18.6 Å². The summed E-state index contributed by atoms with van der Waals surface area (Å²) in [5.41, 5.74) is 0.363. The quantitative estimate of drug-likeness (QED) is 0.426. The van der Waals surface area contributed by atoms with Crippen molar-refractivity contribution in [1.82, 2.24) is 0 Å². The van der Waals surface area contributed by atoms with Gasteiger partial charge in [-0.3, -0.25) is 0 Å². The molecule has 1 aromatic rings. The fourth-order valence-corrected chi connectivity index (χ4v) is 2.45. The molecular weight excluding hydrogens is 232 g/mol. The molecule has 3 heteroatoms. The van der Waals surface area contributed by atoms with Gasteiger partial charge in [-0.2, -0.15) is 0 Å². The molecule has 1 aromatic carbocycles. The molecule has 0 amide bonds. The number of carboxylic acid groups (broad SMARTS) is 1. The third-order valence-electron chi connectivity index (χ3n) is 2.40. The number of aromatic carboxylic acids is 1. The van der Waals surface area contributed by atoms with E-state index >= 15 is 0 Å². The third-order valence-corrected chi connectivity index (χ3v) is 3.48. The molecule has 0 radical (unpaired) electrons. The Morgan fingerprint density at radius 1 is 1.35 bits per heavy atom. The molecule has 0 atom stereocenters. The molecule has 1 N–H and O–H groups in total. The summed E-state index contributed by atoms with van der Waals surface area (Å²) < 4.78 is 0. The molecule has 0 aliphatic rings. The van der Waals surface area contributed by atoms with Crippen LogP contribution in [0.15, 0.2) is 41.8 Å². The first-order chi connectivity index (χ1) is 8.24. The molecule has 17 heavy (non-hydrogen) atoms. The lowest BCUT2D eigenvalue weighted by molar-refractivity contribution is 0.0696. The second kappa shape index (κ2) is 7.96. The number of unbranched alkanes of at least 4 members (excludes halogenated alkanes) is 3. The largest absolute Gasteiger partial charge is 0.478 e. The van der Waals surface area contributed by atoms with Gasteiger partial charge in [0.05, 0.1) is 5.56 Å². The second-order valence-corrected chi connectivity index (χ2v) is 4.99. The molecule has 0 aliphatic heterocycles. The van der Waals surface area contributed by atoms with Crippen LogP contribution in [-0.2, 0) is 0 Å². The minimum atomic E-state index is -0.863. The molecule has 0 spiro atoms. The van der Waals surface area contributed by atoms with E-state index < -0.39 is 5.97 Å². The maximum Gasteiger partial charge on any atom is 0.335 e. The predicted molar refractivity (Wildman–Crippen MR) is 72.8 cm³/mol. The summed E-state index contributed by atoms with van der Waals surface area (Å²) in [5.74, 6) is 0.179.